The van der Waals surface area contributed by atoms with Gasteiger partial charge in [-0.05, 0) is 18.3 Å². The molecule has 0 radical (unpaired) electrons. The minimum Gasteiger partial charge on any atom is -0.392 e. The maximum absolute atomic E-state index is 11.8. The van der Waals surface area contributed by atoms with Crippen LogP contribution in [-0.2, 0) is 14.3 Å². The molecule has 3 nitrogen and oxygen atoms in total. The van der Waals surface area contributed by atoms with Crippen molar-refractivity contribution in [2.45, 2.75) is 26.7 Å². The van der Waals surface area contributed by atoms with Crippen LogP contribution >= 0.6 is 15.9 Å². The minimum atomic E-state index is -0.494. The van der Waals surface area contributed by atoms with E-state index in [4.69, 9.17) is 4.74 Å². The van der Waals surface area contributed by atoms with Crippen molar-refractivity contribution in [2.75, 3.05) is 5.33 Å². The van der Waals surface area contributed by atoms with Crippen LogP contribution in [0.1, 0.15) is 26.7 Å². The number of cyclic esters (lactones) is 2. The molecule has 2 aliphatic rings. The van der Waals surface area contributed by atoms with Gasteiger partial charge in [0.25, 0.3) is 0 Å². The summed E-state index contributed by atoms with van der Waals surface area (Å²) in [6.07, 6.45) is 1.52. The van der Waals surface area contributed by atoms with Gasteiger partial charge in [-0.2, -0.15) is 0 Å². The van der Waals surface area contributed by atoms with Crippen LogP contribution in [-0.4, -0.2) is 17.3 Å². The summed E-state index contributed by atoms with van der Waals surface area (Å²) < 4.78 is 4.80. The molecular formula is C10H13BrO3. The Morgan fingerprint density at radius 2 is 2.14 bits per heavy atom. The van der Waals surface area contributed by atoms with E-state index >= 15 is 0 Å². The van der Waals surface area contributed by atoms with Crippen LogP contribution in [0.5, 0.6) is 0 Å². The lowest BCUT2D eigenvalue weighted by Gasteiger charge is -2.43. The Morgan fingerprint density at radius 1 is 1.50 bits per heavy atom. The Kier molecular flexibility index (Phi) is 2.04. The van der Waals surface area contributed by atoms with E-state index in [-0.39, 0.29) is 23.3 Å². The highest BCUT2D eigenvalue weighted by atomic mass is 79.9. The molecule has 1 saturated heterocycles. The van der Waals surface area contributed by atoms with Gasteiger partial charge in [0.05, 0.1) is 11.3 Å². The summed E-state index contributed by atoms with van der Waals surface area (Å²) in [5, 5.41) is 0.579. The van der Waals surface area contributed by atoms with Gasteiger partial charge in [-0.15, -0.1) is 0 Å². The Hall–Kier alpha value is -0.380. The monoisotopic (exact) mass is 260 g/mol. The zero-order valence-electron chi connectivity index (χ0n) is 8.30. The number of hydrogen-bond donors (Lipinski definition) is 0. The van der Waals surface area contributed by atoms with Crippen molar-refractivity contribution in [3.63, 3.8) is 0 Å². The molecule has 1 saturated carbocycles. The van der Waals surface area contributed by atoms with E-state index in [0.29, 0.717) is 5.33 Å². The zero-order chi connectivity index (χ0) is 10.6. The van der Waals surface area contributed by atoms with Crippen molar-refractivity contribution in [2.24, 2.45) is 16.7 Å². The standard InChI is InChI=1S/C10H13BrO3/c1-9(2)6-3-4-10(9,5-11)8(13)14-7(6)12/h6H,3-5H2,1-2H3. The van der Waals surface area contributed by atoms with Crippen molar-refractivity contribution in [1.29, 1.82) is 0 Å². The summed E-state index contributed by atoms with van der Waals surface area (Å²) in [7, 11) is 0. The van der Waals surface area contributed by atoms with Crippen LogP contribution in [0.25, 0.3) is 0 Å². The molecule has 0 aromatic heterocycles. The molecule has 2 atom stereocenters. The van der Waals surface area contributed by atoms with E-state index in [0.717, 1.165) is 12.8 Å². The molecule has 2 bridgehead atoms. The number of esters is 2. The van der Waals surface area contributed by atoms with Gasteiger partial charge >= 0.3 is 11.9 Å². The van der Waals surface area contributed by atoms with Crippen LogP contribution in [0, 0.1) is 16.7 Å². The molecule has 1 aliphatic carbocycles. The van der Waals surface area contributed by atoms with E-state index in [2.05, 4.69) is 15.9 Å². The number of fused-ring (bicyclic) bond motifs is 2. The molecule has 1 aliphatic heterocycles. The topological polar surface area (TPSA) is 43.4 Å². The molecule has 0 aromatic carbocycles. The second-order valence-corrected chi connectivity index (χ2v) is 5.30. The van der Waals surface area contributed by atoms with Gasteiger partial charge in [-0.25, -0.2) is 0 Å². The SMILES string of the molecule is CC1(C)C2CCC1(CBr)C(=O)OC2=O. The molecule has 14 heavy (non-hydrogen) atoms. The van der Waals surface area contributed by atoms with Crippen LogP contribution in [0.3, 0.4) is 0 Å². The van der Waals surface area contributed by atoms with Gasteiger partial charge < -0.3 is 4.74 Å². The quantitative estimate of drug-likeness (QED) is 0.411. The average molecular weight is 261 g/mol. The third-order valence-corrected chi connectivity index (χ3v) is 5.02. The maximum Gasteiger partial charge on any atom is 0.321 e. The molecule has 2 fully saturated rings. The highest BCUT2D eigenvalue weighted by Gasteiger charge is 2.65. The number of hydrogen-bond acceptors (Lipinski definition) is 3. The highest BCUT2D eigenvalue weighted by Crippen LogP contribution is 2.60. The molecule has 2 rings (SSSR count). The van der Waals surface area contributed by atoms with E-state index in [9.17, 15) is 9.59 Å². The van der Waals surface area contributed by atoms with E-state index in [1.165, 1.54) is 0 Å². The fraction of sp³-hybridized carbons (Fsp3) is 0.800. The molecule has 0 aromatic rings. The number of carbonyl (C=O) groups excluding carboxylic acids is 2. The van der Waals surface area contributed by atoms with Crippen molar-refractivity contribution in [3.8, 4) is 0 Å². The third kappa shape index (κ3) is 0.926. The molecule has 4 heteroatoms. The van der Waals surface area contributed by atoms with Gasteiger partial charge in [-0.3, -0.25) is 9.59 Å². The molecular weight excluding hydrogens is 248 g/mol. The number of rotatable bonds is 1. The van der Waals surface area contributed by atoms with Crippen molar-refractivity contribution in [3.05, 3.63) is 0 Å². The number of halogens is 1. The van der Waals surface area contributed by atoms with Crippen molar-refractivity contribution >= 4 is 27.9 Å². The fourth-order valence-electron chi connectivity index (χ4n) is 2.74. The molecule has 0 N–H and O–H groups in total. The molecule has 0 amide bonds. The van der Waals surface area contributed by atoms with Gasteiger partial charge in [0.2, 0.25) is 0 Å². The van der Waals surface area contributed by atoms with E-state index in [1.54, 1.807) is 0 Å². The highest BCUT2D eigenvalue weighted by molar-refractivity contribution is 9.09. The first-order valence-electron chi connectivity index (χ1n) is 4.78. The summed E-state index contributed by atoms with van der Waals surface area (Å²) in [5.41, 5.74) is -0.769. The number of ether oxygens (including phenoxy) is 1. The van der Waals surface area contributed by atoms with Crippen molar-refractivity contribution < 1.29 is 14.3 Å². The summed E-state index contributed by atoms with van der Waals surface area (Å²) in [4.78, 5) is 23.2. The lowest BCUT2D eigenvalue weighted by Crippen LogP contribution is -2.52. The van der Waals surface area contributed by atoms with Gasteiger partial charge in [0.1, 0.15) is 0 Å². The Labute approximate surface area is 91.3 Å². The summed E-state index contributed by atoms with van der Waals surface area (Å²) in [6, 6.07) is 0. The second-order valence-electron chi connectivity index (χ2n) is 4.74. The maximum atomic E-state index is 11.8. The second kappa shape index (κ2) is 2.81. The van der Waals surface area contributed by atoms with Gasteiger partial charge in [-0.1, -0.05) is 29.8 Å². The largest absolute Gasteiger partial charge is 0.392 e. The zero-order valence-corrected chi connectivity index (χ0v) is 9.89. The van der Waals surface area contributed by atoms with Crippen molar-refractivity contribution in [1.82, 2.24) is 0 Å². The van der Waals surface area contributed by atoms with E-state index < -0.39 is 5.41 Å². The van der Waals surface area contributed by atoms with E-state index in [1.807, 2.05) is 13.8 Å². The third-order valence-electron chi connectivity index (χ3n) is 4.06. The first-order valence-corrected chi connectivity index (χ1v) is 5.90. The summed E-state index contributed by atoms with van der Waals surface area (Å²) in [5.74, 6) is -0.801. The Morgan fingerprint density at radius 3 is 2.71 bits per heavy atom. The Balaban J connectivity index is 2.51. The van der Waals surface area contributed by atoms with Crippen LogP contribution < -0.4 is 0 Å². The lowest BCUT2D eigenvalue weighted by atomic mass is 9.64. The van der Waals surface area contributed by atoms with Gasteiger partial charge in [0.15, 0.2) is 0 Å². The number of alkyl halides is 1. The summed E-state index contributed by atoms with van der Waals surface area (Å²) in [6.45, 7) is 3.98. The molecule has 78 valence electrons. The first-order chi connectivity index (χ1) is 6.45. The molecule has 2 unspecified atom stereocenters. The minimum absolute atomic E-state index is 0.113. The lowest BCUT2D eigenvalue weighted by molar-refractivity contribution is -0.184. The number of carbonyl (C=O) groups is 2. The Bertz CT molecular complexity index is 310. The first kappa shape index (κ1) is 10.1. The predicted octanol–water partition coefficient (Wildman–Crippen LogP) is 1.89. The van der Waals surface area contributed by atoms with Crippen LogP contribution in [0.4, 0.5) is 0 Å². The molecule has 1 heterocycles. The fourth-order valence-corrected chi connectivity index (χ4v) is 3.97. The van der Waals surface area contributed by atoms with Crippen LogP contribution in [0.2, 0.25) is 0 Å². The molecule has 0 spiro atoms. The van der Waals surface area contributed by atoms with Crippen LogP contribution in [0.15, 0.2) is 0 Å². The van der Waals surface area contributed by atoms with Gasteiger partial charge in [0, 0.05) is 5.33 Å². The normalized spacial score (nSPS) is 39.8. The smallest absolute Gasteiger partial charge is 0.321 e. The average Bonchev–Trinajstić information content (AvgIpc) is 2.27. The summed E-state index contributed by atoms with van der Waals surface area (Å²) >= 11 is 3.38. The predicted molar refractivity (Wildman–Crippen MR) is 53.8 cm³/mol.